The fraction of sp³-hybridized carbons (Fsp3) is 0.615. The fourth-order valence-electron chi connectivity index (χ4n) is 2.32. The lowest BCUT2D eigenvalue weighted by Crippen LogP contribution is -2.56. The molecule has 1 aromatic rings. The minimum Gasteiger partial charge on any atom is -0.355 e. The third-order valence-corrected chi connectivity index (χ3v) is 4.74. The third kappa shape index (κ3) is 1.97. The number of nitrogens with zero attached hydrogens (tertiary/aromatic N) is 2. The van der Waals surface area contributed by atoms with Gasteiger partial charge in [0, 0.05) is 29.2 Å². The van der Waals surface area contributed by atoms with E-state index in [0.29, 0.717) is 5.41 Å². The van der Waals surface area contributed by atoms with Crippen LogP contribution in [0.2, 0.25) is 0 Å². The highest BCUT2D eigenvalue weighted by molar-refractivity contribution is 9.10. The molecular formula is C13H19BrN2. The zero-order valence-corrected chi connectivity index (χ0v) is 11.8. The number of aromatic nitrogens is 1. The summed E-state index contributed by atoms with van der Waals surface area (Å²) in [5.41, 5.74) is 1.80. The van der Waals surface area contributed by atoms with E-state index >= 15 is 0 Å². The van der Waals surface area contributed by atoms with Crippen molar-refractivity contribution in [3.8, 4) is 0 Å². The molecule has 0 aliphatic carbocycles. The third-order valence-electron chi connectivity index (χ3n) is 3.91. The number of anilines is 1. The van der Waals surface area contributed by atoms with Gasteiger partial charge in [0.2, 0.25) is 0 Å². The molecule has 88 valence electrons. The van der Waals surface area contributed by atoms with Gasteiger partial charge >= 0.3 is 0 Å². The molecule has 1 aliphatic heterocycles. The predicted molar refractivity (Wildman–Crippen MR) is 71.9 cm³/mol. The smallest absolute Gasteiger partial charge is 0.128 e. The average molecular weight is 283 g/mol. The quantitative estimate of drug-likeness (QED) is 0.839. The van der Waals surface area contributed by atoms with Gasteiger partial charge in [-0.2, -0.15) is 0 Å². The van der Waals surface area contributed by atoms with E-state index in [1.54, 1.807) is 0 Å². The van der Waals surface area contributed by atoms with E-state index in [9.17, 15) is 0 Å². The minimum atomic E-state index is 0.544. The molecule has 2 rings (SSSR count). The molecule has 2 nitrogen and oxygen atoms in total. The van der Waals surface area contributed by atoms with Gasteiger partial charge in [-0.3, -0.25) is 0 Å². The first-order valence-electron chi connectivity index (χ1n) is 5.97. The van der Waals surface area contributed by atoms with Crippen LogP contribution < -0.4 is 4.90 Å². The maximum absolute atomic E-state index is 4.47. The Bertz CT molecular complexity index is 378. The van der Waals surface area contributed by atoms with E-state index in [4.69, 9.17) is 0 Å². The Morgan fingerprint density at radius 3 is 2.50 bits per heavy atom. The first-order chi connectivity index (χ1) is 7.60. The van der Waals surface area contributed by atoms with Gasteiger partial charge < -0.3 is 4.90 Å². The monoisotopic (exact) mass is 282 g/mol. The largest absolute Gasteiger partial charge is 0.355 e. The minimum absolute atomic E-state index is 0.544. The van der Waals surface area contributed by atoms with Crippen molar-refractivity contribution in [2.75, 3.05) is 18.0 Å². The number of halogens is 1. The molecule has 0 amide bonds. The summed E-state index contributed by atoms with van der Waals surface area (Å²) in [4.78, 5) is 6.86. The molecule has 0 atom stereocenters. The van der Waals surface area contributed by atoms with Crippen molar-refractivity contribution in [1.29, 1.82) is 0 Å². The molecular weight excluding hydrogens is 264 g/mol. The summed E-state index contributed by atoms with van der Waals surface area (Å²) in [7, 11) is 0. The normalized spacial score (nSPS) is 18.4. The van der Waals surface area contributed by atoms with Crippen molar-refractivity contribution < 1.29 is 0 Å². The van der Waals surface area contributed by atoms with Crippen LogP contribution in [0.4, 0.5) is 5.82 Å². The van der Waals surface area contributed by atoms with E-state index in [2.05, 4.69) is 52.7 Å². The van der Waals surface area contributed by atoms with Crippen LogP contribution in [-0.2, 0) is 0 Å². The van der Waals surface area contributed by atoms with E-state index in [1.165, 1.54) is 18.4 Å². The van der Waals surface area contributed by atoms with Gasteiger partial charge in [0.15, 0.2) is 0 Å². The second kappa shape index (κ2) is 4.36. The zero-order chi connectivity index (χ0) is 11.8. The molecule has 1 aliphatic rings. The van der Waals surface area contributed by atoms with Crippen molar-refractivity contribution in [3.05, 3.63) is 22.3 Å². The van der Waals surface area contributed by atoms with Gasteiger partial charge in [-0.1, -0.05) is 13.8 Å². The topological polar surface area (TPSA) is 16.1 Å². The summed E-state index contributed by atoms with van der Waals surface area (Å²) in [6, 6.07) is 2.17. The molecule has 0 unspecified atom stereocenters. The molecule has 0 spiro atoms. The van der Waals surface area contributed by atoms with Crippen LogP contribution in [0, 0.1) is 12.3 Å². The van der Waals surface area contributed by atoms with Crippen molar-refractivity contribution in [2.24, 2.45) is 5.41 Å². The molecule has 0 aromatic carbocycles. The van der Waals surface area contributed by atoms with Crippen LogP contribution in [0.3, 0.4) is 0 Å². The van der Waals surface area contributed by atoms with Crippen molar-refractivity contribution in [3.63, 3.8) is 0 Å². The van der Waals surface area contributed by atoms with Crippen molar-refractivity contribution >= 4 is 21.7 Å². The summed E-state index contributed by atoms with van der Waals surface area (Å²) < 4.78 is 1.09. The van der Waals surface area contributed by atoms with Crippen LogP contribution in [0.1, 0.15) is 32.3 Å². The summed E-state index contributed by atoms with van der Waals surface area (Å²) in [5, 5.41) is 0. The van der Waals surface area contributed by atoms with Gasteiger partial charge in [0.05, 0.1) is 0 Å². The highest BCUT2D eigenvalue weighted by Crippen LogP contribution is 2.39. The Morgan fingerprint density at radius 1 is 1.38 bits per heavy atom. The van der Waals surface area contributed by atoms with Crippen LogP contribution >= 0.6 is 15.9 Å². The molecule has 2 heterocycles. The van der Waals surface area contributed by atoms with Crippen molar-refractivity contribution in [1.82, 2.24) is 4.98 Å². The molecule has 1 saturated heterocycles. The molecule has 0 saturated carbocycles. The van der Waals surface area contributed by atoms with Gasteiger partial charge in [-0.25, -0.2) is 4.98 Å². The summed E-state index contributed by atoms with van der Waals surface area (Å²) in [5.74, 6) is 1.12. The molecule has 0 N–H and O–H groups in total. The standard InChI is InChI=1S/C13H19BrN2/c1-4-13(5-2)8-16(9-13)12-6-10(3)11(14)7-15-12/h6-7H,4-5,8-9H2,1-3H3. The van der Waals surface area contributed by atoms with Gasteiger partial charge in [-0.15, -0.1) is 0 Å². The Hall–Kier alpha value is -0.570. The van der Waals surface area contributed by atoms with Crippen molar-refractivity contribution in [2.45, 2.75) is 33.6 Å². The number of rotatable bonds is 3. The molecule has 3 heteroatoms. The molecule has 16 heavy (non-hydrogen) atoms. The molecule has 1 aromatic heterocycles. The number of pyridine rings is 1. The summed E-state index contributed by atoms with van der Waals surface area (Å²) in [6.45, 7) is 9.02. The Labute approximate surface area is 106 Å². The number of hydrogen-bond acceptors (Lipinski definition) is 2. The van der Waals surface area contributed by atoms with E-state index < -0.39 is 0 Å². The van der Waals surface area contributed by atoms with Gasteiger partial charge in [-0.05, 0) is 47.3 Å². The number of aryl methyl sites for hydroxylation is 1. The van der Waals surface area contributed by atoms with Crippen LogP contribution in [0.15, 0.2) is 16.7 Å². The Kier molecular flexibility index (Phi) is 3.24. The molecule has 0 radical (unpaired) electrons. The average Bonchev–Trinajstić information content (AvgIpc) is 2.23. The number of hydrogen-bond donors (Lipinski definition) is 0. The van der Waals surface area contributed by atoms with E-state index in [1.807, 2.05) is 6.20 Å². The fourth-order valence-corrected chi connectivity index (χ4v) is 2.54. The van der Waals surface area contributed by atoms with Gasteiger partial charge in [0.1, 0.15) is 5.82 Å². The lowest BCUT2D eigenvalue weighted by atomic mass is 9.75. The maximum Gasteiger partial charge on any atom is 0.128 e. The highest BCUT2D eigenvalue weighted by atomic mass is 79.9. The van der Waals surface area contributed by atoms with E-state index in [-0.39, 0.29) is 0 Å². The first kappa shape index (κ1) is 11.9. The molecule has 1 fully saturated rings. The summed E-state index contributed by atoms with van der Waals surface area (Å²) >= 11 is 3.49. The second-order valence-corrected chi connectivity index (χ2v) is 5.71. The second-order valence-electron chi connectivity index (χ2n) is 4.85. The zero-order valence-electron chi connectivity index (χ0n) is 10.3. The van der Waals surface area contributed by atoms with Crippen LogP contribution in [0.5, 0.6) is 0 Å². The van der Waals surface area contributed by atoms with Crippen LogP contribution in [-0.4, -0.2) is 18.1 Å². The van der Waals surface area contributed by atoms with Crippen LogP contribution in [0.25, 0.3) is 0 Å². The maximum atomic E-state index is 4.47. The SMILES string of the molecule is CCC1(CC)CN(c2cc(C)c(Br)cn2)C1. The molecule has 0 bridgehead atoms. The lowest BCUT2D eigenvalue weighted by molar-refractivity contribution is 0.193. The summed E-state index contributed by atoms with van der Waals surface area (Å²) in [6.07, 6.45) is 4.45. The Balaban J connectivity index is 2.09. The predicted octanol–water partition coefficient (Wildman–Crippen LogP) is 3.78. The van der Waals surface area contributed by atoms with Gasteiger partial charge in [0.25, 0.3) is 0 Å². The Morgan fingerprint density at radius 2 is 2.00 bits per heavy atom. The highest BCUT2D eigenvalue weighted by Gasteiger charge is 2.40. The van der Waals surface area contributed by atoms with E-state index in [0.717, 1.165) is 23.4 Å². The lowest BCUT2D eigenvalue weighted by Gasteiger charge is -2.50. The first-order valence-corrected chi connectivity index (χ1v) is 6.76.